The van der Waals surface area contributed by atoms with Gasteiger partial charge in [0.15, 0.2) is 0 Å². The molecule has 0 radical (unpaired) electrons. The van der Waals surface area contributed by atoms with Gasteiger partial charge in [0.1, 0.15) is 11.1 Å². The lowest BCUT2D eigenvalue weighted by Gasteiger charge is -2.14. The lowest BCUT2D eigenvalue weighted by molar-refractivity contribution is 0.0595. The highest BCUT2D eigenvalue weighted by Crippen LogP contribution is 2.37. The summed E-state index contributed by atoms with van der Waals surface area (Å²) in [5.41, 5.74) is 1.09. The van der Waals surface area contributed by atoms with Gasteiger partial charge in [0.05, 0.1) is 16.7 Å². The fourth-order valence-electron chi connectivity index (χ4n) is 2.12. The van der Waals surface area contributed by atoms with E-state index in [0.717, 1.165) is 41.3 Å². The first-order valence-electron chi connectivity index (χ1n) is 6.05. The molecule has 1 aliphatic rings. The largest absolute Gasteiger partial charge is 0.388 e. The maximum absolute atomic E-state index is 9.89. The molecule has 2 atom stereocenters. The highest BCUT2D eigenvalue weighted by Gasteiger charge is 2.25. The number of rotatable bonds is 4. The number of hydrogen-bond donors (Lipinski definition) is 1. The van der Waals surface area contributed by atoms with Crippen molar-refractivity contribution in [3.05, 3.63) is 15.6 Å². The first kappa shape index (κ1) is 12.0. The number of fused-ring (bicyclic) bond motifs is 1. The van der Waals surface area contributed by atoms with Gasteiger partial charge in [-0.3, -0.25) is 0 Å². The van der Waals surface area contributed by atoms with Crippen LogP contribution in [0.5, 0.6) is 0 Å². The van der Waals surface area contributed by atoms with Crippen LogP contribution in [0, 0.1) is 0 Å². The summed E-state index contributed by atoms with van der Waals surface area (Å²) < 4.78 is 5.66. The Hall–Kier alpha value is -0.450. The van der Waals surface area contributed by atoms with Crippen LogP contribution in [0.3, 0.4) is 0 Å². The summed E-state index contributed by atoms with van der Waals surface area (Å²) in [6, 6.07) is 0. The van der Waals surface area contributed by atoms with Crippen LogP contribution in [0.2, 0.25) is 0 Å². The molecule has 1 aromatic rings. The number of aromatic nitrogens is 1. The number of aryl methyl sites for hydroxylation is 1. The zero-order valence-corrected chi connectivity index (χ0v) is 10.7. The first-order valence-corrected chi connectivity index (χ1v) is 6.87. The second kappa shape index (κ2) is 5.25. The number of thiazole rings is 1. The van der Waals surface area contributed by atoms with Gasteiger partial charge >= 0.3 is 0 Å². The van der Waals surface area contributed by atoms with Gasteiger partial charge < -0.3 is 9.84 Å². The molecule has 2 unspecified atom stereocenters. The zero-order valence-electron chi connectivity index (χ0n) is 9.90. The normalized spacial score (nSPS) is 21.8. The van der Waals surface area contributed by atoms with Crippen molar-refractivity contribution in [3.63, 3.8) is 0 Å². The number of nitrogens with zero attached hydrogens (tertiary/aromatic N) is 1. The molecule has 0 saturated carbocycles. The minimum atomic E-state index is -0.297. The molecule has 0 spiro atoms. The van der Waals surface area contributed by atoms with Gasteiger partial charge in [-0.15, -0.1) is 11.3 Å². The molecule has 1 N–H and O–H groups in total. The summed E-state index contributed by atoms with van der Waals surface area (Å²) >= 11 is 1.63. The van der Waals surface area contributed by atoms with Gasteiger partial charge in [0.25, 0.3) is 0 Å². The molecule has 4 heteroatoms. The lowest BCUT2D eigenvalue weighted by atomic mass is 10.0. The molecule has 0 aromatic carbocycles. The Kier molecular flexibility index (Phi) is 3.95. The SMILES string of the molecule is CCOC(CC)c1nc2c(s1)C(O)CCC2. The summed E-state index contributed by atoms with van der Waals surface area (Å²) in [6.45, 7) is 4.83. The Labute approximate surface area is 100 Å². The standard InChI is InChI=1S/C12H19NO2S/c1-3-10(15-4-2)12-13-8-6-5-7-9(14)11(8)16-12/h9-10,14H,3-7H2,1-2H3. The van der Waals surface area contributed by atoms with Crippen molar-refractivity contribution in [2.75, 3.05) is 6.61 Å². The fraction of sp³-hybridized carbons (Fsp3) is 0.750. The van der Waals surface area contributed by atoms with Crippen LogP contribution >= 0.6 is 11.3 Å². The smallest absolute Gasteiger partial charge is 0.122 e. The van der Waals surface area contributed by atoms with E-state index in [4.69, 9.17) is 4.74 Å². The maximum atomic E-state index is 9.89. The predicted molar refractivity (Wildman–Crippen MR) is 64.7 cm³/mol. The number of hydrogen-bond acceptors (Lipinski definition) is 4. The average molecular weight is 241 g/mol. The van der Waals surface area contributed by atoms with Crippen LogP contribution in [-0.2, 0) is 11.2 Å². The van der Waals surface area contributed by atoms with Crippen LogP contribution in [0.15, 0.2) is 0 Å². The Balaban J connectivity index is 2.22. The minimum absolute atomic E-state index is 0.104. The molecule has 2 rings (SSSR count). The van der Waals surface area contributed by atoms with E-state index in [9.17, 15) is 5.11 Å². The Bertz CT molecular complexity index is 351. The monoisotopic (exact) mass is 241 g/mol. The summed E-state index contributed by atoms with van der Waals surface area (Å²) in [5.74, 6) is 0. The Morgan fingerprint density at radius 1 is 1.56 bits per heavy atom. The van der Waals surface area contributed by atoms with E-state index >= 15 is 0 Å². The molecule has 1 aromatic heterocycles. The van der Waals surface area contributed by atoms with E-state index < -0.39 is 0 Å². The van der Waals surface area contributed by atoms with Crippen LogP contribution in [0.25, 0.3) is 0 Å². The molecule has 0 amide bonds. The molecule has 90 valence electrons. The van der Waals surface area contributed by atoms with Gasteiger partial charge in [0.2, 0.25) is 0 Å². The summed E-state index contributed by atoms with van der Waals surface area (Å²) in [4.78, 5) is 5.69. The van der Waals surface area contributed by atoms with Crippen molar-refractivity contribution in [2.24, 2.45) is 0 Å². The lowest BCUT2D eigenvalue weighted by Crippen LogP contribution is -2.06. The fourth-order valence-corrected chi connectivity index (χ4v) is 3.39. The molecule has 3 nitrogen and oxygen atoms in total. The number of aliphatic hydroxyl groups is 1. The topological polar surface area (TPSA) is 42.4 Å². The van der Waals surface area contributed by atoms with E-state index in [-0.39, 0.29) is 12.2 Å². The van der Waals surface area contributed by atoms with Crippen molar-refractivity contribution in [1.29, 1.82) is 0 Å². The average Bonchev–Trinajstić information content (AvgIpc) is 2.71. The van der Waals surface area contributed by atoms with E-state index in [1.165, 1.54) is 0 Å². The maximum Gasteiger partial charge on any atom is 0.122 e. The van der Waals surface area contributed by atoms with E-state index in [2.05, 4.69) is 11.9 Å². The van der Waals surface area contributed by atoms with E-state index in [1.54, 1.807) is 11.3 Å². The zero-order chi connectivity index (χ0) is 11.5. The Morgan fingerprint density at radius 3 is 3.00 bits per heavy atom. The molecule has 16 heavy (non-hydrogen) atoms. The second-order valence-corrected chi connectivity index (χ2v) is 5.19. The molecule has 0 bridgehead atoms. The summed E-state index contributed by atoms with van der Waals surface area (Å²) in [5, 5.41) is 10.9. The van der Waals surface area contributed by atoms with Gasteiger partial charge in [-0.25, -0.2) is 4.98 Å². The molecule has 0 saturated heterocycles. The molecular formula is C12H19NO2S. The molecule has 1 heterocycles. The molecule has 0 fully saturated rings. The van der Waals surface area contributed by atoms with E-state index in [1.807, 2.05) is 6.92 Å². The quantitative estimate of drug-likeness (QED) is 0.881. The van der Waals surface area contributed by atoms with Crippen molar-refractivity contribution in [1.82, 2.24) is 4.98 Å². The minimum Gasteiger partial charge on any atom is -0.388 e. The van der Waals surface area contributed by atoms with Gasteiger partial charge in [-0.1, -0.05) is 6.92 Å². The van der Waals surface area contributed by atoms with Crippen LogP contribution < -0.4 is 0 Å². The third-order valence-corrected chi connectivity index (χ3v) is 4.24. The first-order chi connectivity index (χ1) is 7.76. The second-order valence-electron chi connectivity index (χ2n) is 4.12. The van der Waals surface area contributed by atoms with E-state index in [0.29, 0.717) is 6.61 Å². The van der Waals surface area contributed by atoms with Crippen molar-refractivity contribution < 1.29 is 9.84 Å². The third kappa shape index (κ3) is 2.29. The van der Waals surface area contributed by atoms with Gasteiger partial charge in [-0.2, -0.15) is 0 Å². The van der Waals surface area contributed by atoms with Gasteiger partial charge in [-0.05, 0) is 32.6 Å². The highest BCUT2D eigenvalue weighted by atomic mass is 32.1. The number of ether oxygens (including phenoxy) is 1. The third-order valence-electron chi connectivity index (χ3n) is 2.95. The Morgan fingerprint density at radius 2 is 2.38 bits per heavy atom. The summed E-state index contributed by atoms with van der Waals surface area (Å²) in [6.07, 6.45) is 3.67. The van der Waals surface area contributed by atoms with Crippen molar-refractivity contribution in [2.45, 2.75) is 51.7 Å². The predicted octanol–water partition coefficient (Wildman–Crippen LogP) is 3.00. The van der Waals surface area contributed by atoms with Crippen molar-refractivity contribution in [3.8, 4) is 0 Å². The van der Waals surface area contributed by atoms with Crippen molar-refractivity contribution >= 4 is 11.3 Å². The molecular weight excluding hydrogens is 222 g/mol. The molecule has 1 aliphatic carbocycles. The summed E-state index contributed by atoms with van der Waals surface area (Å²) in [7, 11) is 0. The van der Waals surface area contributed by atoms with Crippen LogP contribution in [0.1, 0.15) is 60.9 Å². The molecule has 0 aliphatic heterocycles. The highest BCUT2D eigenvalue weighted by molar-refractivity contribution is 7.11. The number of aliphatic hydroxyl groups excluding tert-OH is 1. The van der Waals surface area contributed by atoms with Gasteiger partial charge in [0, 0.05) is 6.61 Å². The van der Waals surface area contributed by atoms with Crippen LogP contribution in [-0.4, -0.2) is 16.7 Å². The van der Waals surface area contributed by atoms with Crippen LogP contribution in [0.4, 0.5) is 0 Å².